The number of benzene rings is 2. The predicted molar refractivity (Wildman–Crippen MR) is 98.3 cm³/mol. The molecule has 0 spiro atoms. The summed E-state index contributed by atoms with van der Waals surface area (Å²) < 4.78 is 15.7. The largest absolute Gasteiger partial charge is 0.504 e. The summed E-state index contributed by atoms with van der Waals surface area (Å²) in [6, 6.07) is 10.3. The molecule has 0 aliphatic heterocycles. The Bertz CT molecular complexity index is 789. The minimum atomic E-state index is -0.297. The van der Waals surface area contributed by atoms with Crippen LogP contribution in [-0.4, -0.2) is 38.1 Å². The highest BCUT2D eigenvalue weighted by atomic mass is 16.5. The number of nitrogens with zero attached hydrogens (tertiary/aromatic N) is 1. The van der Waals surface area contributed by atoms with E-state index in [1.807, 2.05) is 6.92 Å². The molecule has 26 heavy (non-hydrogen) atoms. The first kappa shape index (κ1) is 19.1. The number of hydrogen-bond donors (Lipinski definition) is 2. The molecule has 0 aliphatic rings. The zero-order chi connectivity index (χ0) is 18.9. The van der Waals surface area contributed by atoms with Crippen LogP contribution in [0.5, 0.6) is 23.0 Å². The lowest BCUT2D eigenvalue weighted by Crippen LogP contribution is -2.19. The fourth-order valence-corrected chi connectivity index (χ4v) is 2.30. The van der Waals surface area contributed by atoms with Crippen LogP contribution in [0.15, 0.2) is 41.5 Å². The maximum Gasteiger partial charge on any atom is 0.244 e. The van der Waals surface area contributed by atoms with Gasteiger partial charge in [-0.05, 0) is 36.8 Å². The number of hydrazone groups is 1. The van der Waals surface area contributed by atoms with Crippen LogP contribution in [0.2, 0.25) is 0 Å². The van der Waals surface area contributed by atoms with Crippen LogP contribution in [0, 0.1) is 0 Å². The smallest absolute Gasteiger partial charge is 0.244 e. The fourth-order valence-electron chi connectivity index (χ4n) is 2.30. The second-order valence-electron chi connectivity index (χ2n) is 5.29. The number of phenolic OH excluding ortho intramolecular Hbond substituents is 1. The molecule has 7 heteroatoms. The van der Waals surface area contributed by atoms with Gasteiger partial charge in [0.15, 0.2) is 23.0 Å². The molecule has 2 aromatic carbocycles. The van der Waals surface area contributed by atoms with E-state index in [1.54, 1.807) is 43.5 Å². The van der Waals surface area contributed by atoms with Gasteiger partial charge in [0.25, 0.3) is 0 Å². The van der Waals surface area contributed by atoms with Crippen LogP contribution < -0.4 is 19.6 Å². The van der Waals surface area contributed by atoms with Crippen molar-refractivity contribution in [3.63, 3.8) is 0 Å². The Hall–Kier alpha value is -3.22. The van der Waals surface area contributed by atoms with Gasteiger partial charge in [-0.1, -0.05) is 12.1 Å². The summed E-state index contributed by atoms with van der Waals surface area (Å²) >= 11 is 0. The van der Waals surface area contributed by atoms with E-state index in [9.17, 15) is 9.90 Å². The molecule has 0 atom stereocenters. The van der Waals surface area contributed by atoms with E-state index < -0.39 is 0 Å². The van der Waals surface area contributed by atoms with Crippen molar-refractivity contribution in [3.05, 3.63) is 47.5 Å². The van der Waals surface area contributed by atoms with E-state index in [4.69, 9.17) is 14.2 Å². The highest BCUT2D eigenvalue weighted by Gasteiger charge is 2.09. The summed E-state index contributed by atoms with van der Waals surface area (Å²) in [5, 5.41) is 14.0. The van der Waals surface area contributed by atoms with Gasteiger partial charge < -0.3 is 19.3 Å². The van der Waals surface area contributed by atoms with Crippen LogP contribution in [0.25, 0.3) is 0 Å². The van der Waals surface area contributed by atoms with Gasteiger partial charge in [-0.15, -0.1) is 0 Å². The first-order valence-corrected chi connectivity index (χ1v) is 8.06. The zero-order valence-corrected chi connectivity index (χ0v) is 15.0. The van der Waals surface area contributed by atoms with Gasteiger partial charge in [0.1, 0.15) is 0 Å². The number of aromatic hydroxyl groups is 1. The number of para-hydroxylation sites is 1. The minimum absolute atomic E-state index is 0.0211. The van der Waals surface area contributed by atoms with Gasteiger partial charge in [-0.2, -0.15) is 5.10 Å². The molecule has 0 fully saturated rings. The highest BCUT2D eigenvalue weighted by molar-refractivity contribution is 5.86. The molecule has 0 heterocycles. The number of hydrogen-bond acceptors (Lipinski definition) is 6. The Kier molecular flexibility index (Phi) is 6.84. The third-order valence-electron chi connectivity index (χ3n) is 3.54. The van der Waals surface area contributed by atoms with Crippen LogP contribution >= 0.6 is 0 Å². The number of phenols is 1. The number of ether oxygens (including phenoxy) is 3. The van der Waals surface area contributed by atoms with Crippen LogP contribution in [0.4, 0.5) is 0 Å². The standard InChI is InChI=1S/C19H22N2O5/c1-4-26-16-7-5-6-14(19(16)23)12-20-21-18(22)11-13-8-9-15(24-2)17(10-13)25-3/h5-10,12,23H,4,11H2,1-3H3,(H,21,22). The van der Waals surface area contributed by atoms with Gasteiger partial charge >= 0.3 is 0 Å². The van der Waals surface area contributed by atoms with Crippen molar-refractivity contribution in [2.75, 3.05) is 20.8 Å². The van der Waals surface area contributed by atoms with Gasteiger partial charge in [0.05, 0.1) is 33.5 Å². The van der Waals surface area contributed by atoms with Crippen LogP contribution in [0.1, 0.15) is 18.1 Å². The van der Waals surface area contributed by atoms with Crippen molar-refractivity contribution in [1.82, 2.24) is 5.43 Å². The first-order valence-electron chi connectivity index (χ1n) is 8.06. The lowest BCUT2D eigenvalue weighted by Gasteiger charge is -2.09. The second kappa shape index (κ2) is 9.31. The highest BCUT2D eigenvalue weighted by Crippen LogP contribution is 2.29. The number of carbonyl (C=O) groups is 1. The molecule has 1 amide bonds. The maximum atomic E-state index is 12.0. The van der Waals surface area contributed by atoms with Gasteiger partial charge in [0, 0.05) is 5.56 Å². The van der Waals surface area contributed by atoms with Crippen molar-refractivity contribution in [1.29, 1.82) is 0 Å². The molecule has 2 rings (SSSR count). The quantitative estimate of drug-likeness (QED) is 0.559. The Balaban J connectivity index is 1.99. The van der Waals surface area contributed by atoms with Crippen LogP contribution in [-0.2, 0) is 11.2 Å². The normalized spacial score (nSPS) is 10.6. The average molecular weight is 358 g/mol. The molecule has 2 N–H and O–H groups in total. The predicted octanol–water partition coefficient (Wildman–Crippen LogP) is 2.50. The van der Waals surface area contributed by atoms with Crippen molar-refractivity contribution >= 4 is 12.1 Å². The zero-order valence-electron chi connectivity index (χ0n) is 15.0. The van der Waals surface area contributed by atoms with E-state index in [-0.39, 0.29) is 18.1 Å². The average Bonchev–Trinajstić information content (AvgIpc) is 2.64. The number of amides is 1. The van der Waals surface area contributed by atoms with E-state index in [2.05, 4.69) is 10.5 Å². The molecule has 0 bridgehead atoms. The third kappa shape index (κ3) is 4.89. The molecule has 0 saturated heterocycles. The molecular weight excluding hydrogens is 336 g/mol. The summed E-state index contributed by atoms with van der Waals surface area (Å²) in [6.07, 6.45) is 1.49. The van der Waals surface area contributed by atoms with E-state index in [0.29, 0.717) is 29.4 Å². The summed E-state index contributed by atoms with van der Waals surface area (Å²) in [5.74, 6) is 1.20. The topological polar surface area (TPSA) is 89.4 Å². The van der Waals surface area contributed by atoms with Crippen molar-refractivity contribution in [2.24, 2.45) is 5.10 Å². The molecular formula is C19H22N2O5. The van der Waals surface area contributed by atoms with E-state index in [1.165, 1.54) is 13.3 Å². The summed E-state index contributed by atoms with van der Waals surface area (Å²) in [4.78, 5) is 12.0. The van der Waals surface area contributed by atoms with Crippen molar-refractivity contribution < 1.29 is 24.1 Å². The molecule has 0 aliphatic carbocycles. The molecule has 0 aromatic heterocycles. The maximum absolute atomic E-state index is 12.0. The van der Waals surface area contributed by atoms with Gasteiger partial charge in [0.2, 0.25) is 5.91 Å². The monoisotopic (exact) mass is 358 g/mol. The Morgan fingerprint density at radius 2 is 1.92 bits per heavy atom. The summed E-state index contributed by atoms with van der Waals surface area (Å²) in [5.41, 5.74) is 3.64. The number of rotatable bonds is 8. The van der Waals surface area contributed by atoms with E-state index >= 15 is 0 Å². The SMILES string of the molecule is CCOc1cccc(C=NNC(=O)Cc2ccc(OC)c(OC)c2)c1O. The van der Waals surface area contributed by atoms with Gasteiger partial charge in [-0.3, -0.25) is 4.79 Å². The lowest BCUT2D eigenvalue weighted by atomic mass is 10.1. The van der Waals surface area contributed by atoms with Crippen LogP contribution in [0.3, 0.4) is 0 Å². The minimum Gasteiger partial charge on any atom is -0.504 e. The van der Waals surface area contributed by atoms with Crippen molar-refractivity contribution in [3.8, 4) is 23.0 Å². The molecule has 0 unspecified atom stereocenters. The fraction of sp³-hybridized carbons (Fsp3) is 0.263. The number of carbonyl (C=O) groups excluding carboxylic acids is 1. The lowest BCUT2D eigenvalue weighted by molar-refractivity contribution is -0.120. The second-order valence-corrected chi connectivity index (χ2v) is 5.29. The molecule has 0 saturated carbocycles. The Labute approximate surface area is 152 Å². The molecule has 0 radical (unpaired) electrons. The summed E-state index contributed by atoms with van der Waals surface area (Å²) in [6.45, 7) is 2.27. The summed E-state index contributed by atoms with van der Waals surface area (Å²) in [7, 11) is 3.09. The molecule has 7 nitrogen and oxygen atoms in total. The Morgan fingerprint density at radius 1 is 1.15 bits per heavy atom. The number of nitrogens with one attached hydrogen (secondary N) is 1. The first-order chi connectivity index (χ1) is 12.6. The molecule has 138 valence electrons. The van der Waals surface area contributed by atoms with E-state index in [0.717, 1.165) is 5.56 Å². The third-order valence-corrected chi connectivity index (χ3v) is 3.54. The Morgan fingerprint density at radius 3 is 2.62 bits per heavy atom. The van der Waals surface area contributed by atoms with Gasteiger partial charge in [-0.25, -0.2) is 5.43 Å². The molecule has 2 aromatic rings. The number of methoxy groups -OCH3 is 2. The van der Waals surface area contributed by atoms with Crippen molar-refractivity contribution in [2.45, 2.75) is 13.3 Å².